The molecule has 2 bridgehead atoms. The number of nitrogens with one attached hydrogen (secondary N) is 1. The third kappa shape index (κ3) is 2.45. The van der Waals surface area contributed by atoms with Gasteiger partial charge in [-0.3, -0.25) is 0 Å². The molecular weight excluding hydrogens is 332 g/mol. The van der Waals surface area contributed by atoms with Crippen molar-refractivity contribution in [3.63, 3.8) is 0 Å². The second kappa shape index (κ2) is 4.82. The second-order valence-electron chi connectivity index (χ2n) is 5.60. The highest BCUT2D eigenvalue weighted by Gasteiger charge is 2.39. The van der Waals surface area contributed by atoms with Gasteiger partial charge in [0.15, 0.2) is 4.60 Å². The molecule has 1 aromatic heterocycles. The van der Waals surface area contributed by atoms with Crippen LogP contribution in [-0.4, -0.2) is 30.0 Å². The number of aromatic nitrogens is 3. The summed E-state index contributed by atoms with van der Waals surface area (Å²) < 4.78 is 28.8. The highest BCUT2D eigenvalue weighted by molar-refractivity contribution is 9.10. The summed E-state index contributed by atoms with van der Waals surface area (Å²) in [5.74, 6) is 2.03. The Labute approximate surface area is 121 Å². The van der Waals surface area contributed by atoms with Crippen LogP contribution in [0.4, 0.5) is 0 Å². The second-order valence-corrected chi connectivity index (χ2v) is 8.03. The molecule has 2 saturated carbocycles. The molecule has 0 aromatic carbocycles. The Balaban J connectivity index is 1.69. The molecule has 3 rings (SSSR count). The van der Waals surface area contributed by atoms with Crippen molar-refractivity contribution in [3.05, 3.63) is 4.60 Å². The first-order valence-corrected chi connectivity index (χ1v) is 8.80. The van der Waals surface area contributed by atoms with E-state index in [0.29, 0.717) is 18.4 Å². The monoisotopic (exact) mass is 348 g/mol. The Bertz CT molecular complexity index is 566. The van der Waals surface area contributed by atoms with Crippen LogP contribution in [0.5, 0.6) is 0 Å². The van der Waals surface area contributed by atoms with Crippen LogP contribution in [0.2, 0.25) is 0 Å². The fraction of sp³-hybridized carbons (Fsp3) is 0.818. The van der Waals surface area contributed by atoms with E-state index in [1.807, 2.05) is 0 Å². The Morgan fingerprint density at radius 2 is 2.21 bits per heavy atom. The minimum Gasteiger partial charge on any atom is -0.235 e. The number of aryl methyl sites for hydroxylation is 1. The largest absolute Gasteiger partial charge is 0.260 e. The number of fused-ring (bicyclic) bond motifs is 2. The Morgan fingerprint density at radius 1 is 1.42 bits per heavy atom. The molecule has 1 N–H and O–H groups in total. The van der Waals surface area contributed by atoms with E-state index in [0.717, 1.165) is 12.3 Å². The molecule has 19 heavy (non-hydrogen) atoms. The Hall–Kier alpha value is -0.470. The van der Waals surface area contributed by atoms with E-state index in [4.69, 9.17) is 0 Å². The topological polar surface area (TPSA) is 76.9 Å². The molecule has 1 aromatic rings. The van der Waals surface area contributed by atoms with Gasteiger partial charge in [-0.05, 0) is 52.9 Å². The van der Waals surface area contributed by atoms with Crippen LogP contribution in [0, 0.1) is 17.8 Å². The minimum absolute atomic E-state index is 0.0932. The van der Waals surface area contributed by atoms with E-state index in [1.54, 1.807) is 7.05 Å². The lowest BCUT2D eigenvalue weighted by Crippen LogP contribution is -2.32. The van der Waals surface area contributed by atoms with Gasteiger partial charge >= 0.3 is 0 Å². The number of halogens is 1. The molecule has 0 spiro atoms. The van der Waals surface area contributed by atoms with Gasteiger partial charge in [0.2, 0.25) is 5.03 Å². The normalized spacial score (nSPS) is 30.1. The predicted molar refractivity (Wildman–Crippen MR) is 72.8 cm³/mol. The molecule has 2 aliphatic rings. The SMILES string of the molecule is Cn1nnc(Br)c1S(=O)(=O)NCC1CC2CCC1C2. The summed E-state index contributed by atoms with van der Waals surface area (Å²) in [5.41, 5.74) is 0. The van der Waals surface area contributed by atoms with E-state index in [1.165, 1.54) is 23.9 Å². The van der Waals surface area contributed by atoms with Crippen molar-refractivity contribution in [1.29, 1.82) is 0 Å². The summed E-state index contributed by atoms with van der Waals surface area (Å²) in [5, 5.41) is 7.51. The summed E-state index contributed by atoms with van der Waals surface area (Å²) in [7, 11) is -1.97. The van der Waals surface area contributed by atoms with Crippen molar-refractivity contribution >= 4 is 26.0 Å². The molecule has 0 amide bonds. The standard InChI is InChI=1S/C11H17BrN4O2S/c1-16-11(10(12)14-15-16)19(17,18)13-6-9-5-7-2-3-8(9)4-7/h7-9,13H,2-6H2,1H3. The number of rotatable bonds is 4. The fourth-order valence-electron chi connectivity index (χ4n) is 3.52. The molecule has 0 aliphatic heterocycles. The van der Waals surface area contributed by atoms with Gasteiger partial charge in [-0.2, -0.15) is 0 Å². The van der Waals surface area contributed by atoms with E-state index in [-0.39, 0.29) is 9.63 Å². The molecule has 8 heteroatoms. The highest BCUT2D eigenvalue weighted by Crippen LogP contribution is 2.48. The van der Waals surface area contributed by atoms with Gasteiger partial charge in [0.05, 0.1) is 0 Å². The first-order chi connectivity index (χ1) is 8.97. The van der Waals surface area contributed by atoms with Crippen LogP contribution in [0.15, 0.2) is 9.63 Å². The van der Waals surface area contributed by atoms with Gasteiger partial charge < -0.3 is 0 Å². The van der Waals surface area contributed by atoms with Gasteiger partial charge in [0.1, 0.15) is 0 Å². The molecule has 106 valence electrons. The number of hydrogen-bond acceptors (Lipinski definition) is 4. The lowest BCUT2D eigenvalue weighted by molar-refractivity contribution is 0.332. The summed E-state index contributed by atoms with van der Waals surface area (Å²) in [6.45, 7) is 0.529. The van der Waals surface area contributed by atoms with Crippen molar-refractivity contribution in [3.8, 4) is 0 Å². The Kier molecular flexibility index (Phi) is 3.43. The molecule has 3 unspecified atom stereocenters. The van der Waals surface area contributed by atoms with Crippen LogP contribution >= 0.6 is 15.9 Å². The van der Waals surface area contributed by atoms with Gasteiger partial charge in [-0.25, -0.2) is 17.8 Å². The van der Waals surface area contributed by atoms with Crippen molar-refractivity contribution in [2.24, 2.45) is 24.8 Å². The van der Waals surface area contributed by atoms with E-state index >= 15 is 0 Å². The van der Waals surface area contributed by atoms with Gasteiger partial charge in [-0.1, -0.05) is 11.6 Å². The summed E-state index contributed by atoms with van der Waals surface area (Å²) in [6, 6.07) is 0. The third-order valence-electron chi connectivity index (χ3n) is 4.41. The molecule has 6 nitrogen and oxygen atoms in total. The molecule has 0 radical (unpaired) electrons. The van der Waals surface area contributed by atoms with Crippen molar-refractivity contribution in [1.82, 2.24) is 19.7 Å². The van der Waals surface area contributed by atoms with Gasteiger partial charge in [0.25, 0.3) is 10.0 Å². The summed E-state index contributed by atoms with van der Waals surface area (Å²) in [6.07, 6.45) is 5.03. The predicted octanol–water partition coefficient (Wildman–Crippen LogP) is 1.29. The van der Waals surface area contributed by atoms with Crippen molar-refractivity contribution < 1.29 is 8.42 Å². The number of hydrogen-bond donors (Lipinski definition) is 1. The average Bonchev–Trinajstić information content (AvgIpc) is 3.02. The maximum Gasteiger partial charge on any atom is 0.260 e. The fourth-order valence-corrected chi connectivity index (χ4v) is 5.70. The van der Waals surface area contributed by atoms with Crippen molar-refractivity contribution in [2.45, 2.75) is 30.7 Å². The minimum atomic E-state index is -3.54. The third-order valence-corrected chi connectivity index (χ3v) is 6.72. The van der Waals surface area contributed by atoms with Crippen LogP contribution < -0.4 is 4.72 Å². The molecule has 1 heterocycles. The van der Waals surface area contributed by atoms with Crippen LogP contribution in [0.3, 0.4) is 0 Å². The van der Waals surface area contributed by atoms with Gasteiger partial charge in [-0.15, -0.1) is 5.10 Å². The van der Waals surface area contributed by atoms with E-state index in [2.05, 4.69) is 31.0 Å². The maximum absolute atomic E-state index is 12.3. The van der Waals surface area contributed by atoms with Crippen LogP contribution in [0.1, 0.15) is 25.7 Å². The lowest BCUT2D eigenvalue weighted by atomic mass is 9.89. The first kappa shape index (κ1) is 13.5. The zero-order valence-electron chi connectivity index (χ0n) is 10.7. The zero-order valence-corrected chi connectivity index (χ0v) is 13.1. The van der Waals surface area contributed by atoms with E-state index in [9.17, 15) is 8.42 Å². The van der Waals surface area contributed by atoms with Crippen molar-refractivity contribution in [2.75, 3.05) is 6.54 Å². The maximum atomic E-state index is 12.3. The first-order valence-electron chi connectivity index (χ1n) is 6.52. The number of nitrogens with zero attached hydrogens (tertiary/aromatic N) is 3. The highest BCUT2D eigenvalue weighted by atomic mass is 79.9. The zero-order chi connectivity index (χ0) is 13.6. The molecule has 2 fully saturated rings. The van der Waals surface area contributed by atoms with Crippen LogP contribution in [-0.2, 0) is 17.1 Å². The van der Waals surface area contributed by atoms with E-state index < -0.39 is 10.0 Å². The molecule has 0 saturated heterocycles. The number of sulfonamides is 1. The molecule has 2 aliphatic carbocycles. The van der Waals surface area contributed by atoms with Crippen LogP contribution in [0.25, 0.3) is 0 Å². The molecule has 3 atom stereocenters. The smallest absolute Gasteiger partial charge is 0.235 e. The lowest BCUT2D eigenvalue weighted by Gasteiger charge is -2.21. The Morgan fingerprint density at radius 3 is 2.74 bits per heavy atom. The summed E-state index contributed by atoms with van der Waals surface area (Å²) >= 11 is 3.13. The average molecular weight is 349 g/mol. The van der Waals surface area contributed by atoms with Gasteiger partial charge in [0, 0.05) is 13.6 Å². The summed E-state index contributed by atoms with van der Waals surface area (Å²) in [4.78, 5) is 0. The quantitative estimate of drug-likeness (QED) is 0.889. The molecular formula is C11H17BrN4O2S.